The average molecular weight is 467 g/mol. The highest BCUT2D eigenvalue weighted by atomic mass is 16.5. The Morgan fingerprint density at radius 3 is 2.29 bits per heavy atom. The summed E-state index contributed by atoms with van der Waals surface area (Å²) in [6, 6.07) is 14.7. The quantitative estimate of drug-likeness (QED) is 0.647. The van der Waals surface area contributed by atoms with Crippen molar-refractivity contribution in [2.75, 3.05) is 59.2 Å². The van der Waals surface area contributed by atoms with Gasteiger partial charge >= 0.3 is 0 Å². The second kappa shape index (κ2) is 12.2. The first-order valence-electron chi connectivity index (χ1n) is 11.6. The zero-order chi connectivity index (χ0) is 24.5. The van der Waals surface area contributed by atoms with Crippen LogP contribution in [0, 0.1) is 0 Å². The number of methoxy groups -OCH3 is 1. The lowest BCUT2D eigenvalue weighted by atomic mass is 10.1. The lowest BCUT2D eigenvalue weighted by Crippen LogP contribution is -2.38. The molecule has 0 aromatic heterocycles. The molecule has 2 aromatic carbocycles. The van der Waals surface area contributed by atoms with E-state index in [-0.39, 0.29) is 24.3 Å². The minimum absolute atomic E-state index is 0.0782. The van der Waals surface area contributed by atoms with E-state index in [1.165, 1.54) is 4.90 Å². The Morgan fingerprint density at radius 2 is 1.65 bits per heavy atom. The molecule has 0 unspecified atom stereocenters. The van der Waals surface area contributed by atoms with Gasteiger partial charge in [-0.15, -0.1) is 0 Å². The largest absolute Gasteiger partial charge is 0.497 e. The van der Waals surface area contributed by atoms with E-state index in [4.69, 9.17) is 4.74 Å². The molecule has 8 heteroatoms. The molecule has 0 spiro atoms. The molecule has 0 saturated carbocycles. The van der Waals surface area contributed by atoms with E-state index >= 15 is 0 Å². The number of carbonyl (C=O) groups excluding carboxylic acids is 3. The summed E-state index contributed by atoms with van der Waals surface area (Å²) in [5.41, 5.74) is 2.35. The molecule has 3 amide bonds. The second-order valence-corrected chi connectivity index (χ2v) is 8.68. The minimum Gasteiger partial charge on any atom is -0.497 e. The maximum Gasteiger partial charge on any atom is 0.253 e. The number of nitrogens with one attached hydrogen (secondary N) is 1. The van der Waals surface area contributed by atoms with E-state index in [0.29, 0.717) is 43.7 Å². The van der Waals surface area contributed by atoms with Crippen molar-refractivity contribution in [2.45, 2.75) is 19.3 Å². The number of hydrogen-bond donors (Lipinski definition) is 1. The molecule has 3 rings (SSSR count). The summed E-state index contributed by atoms with van der Waals surface area (Å²) in [4.78, 5) is 42.7. The van der Waals surface area contributed by atoms with Gasteiger partial charge in [0.15, 0.2) is 0 Å². The van der Waals surface area contributed by atoms with Gasteiger partial charge in [0.2, 0.25) is 11.8 Å². The fourth-order valence-corrected chi connectivity index (χ4v) is 3.94. The van der Waals surface area contributed by atoms with Crippen molar-refractivity contribution in [3.05, 3.63) is 59.7 Å². The van der Waals surface area contributed by atoms with E-state index in [1.807, 2.05) is 29.2 Å². The first-order chi connectivity index (χ1) is 16.4. The summed E-state index contributed by atoms with van der Waals surface area (Å²) in [5, 5.41) is 2.89. The third-order valence-corrected chi connectivity index (χ3v) is 5.92. The molecule has 1 N–H and O–H groups in total. The Morgan fingerprint density at radius 1 is 0.941 bits per heavy atom. The molecule has 1 aliphatic rings. The summed E-state index contributed by atoms with van der Waals surface area (Å²) in [7, 11) is 5.04. The van der Waals surface area contributed by atoms with Crippen LogP contribution >= 0.6 is 0 Å². The van der Waals surface area contributed by atoms with Crippen molar-refractivity contribution in [3.63, 3.8) is 0 Å². The van der Waals surface area contributed by atoms with Gasteiger partial charge in [-0.3, -0.25) is 19.3 Å². The van der Waals surface area contributed by atoms with Crippen LogP contribution in [-0.4, -0.2) is 86.4 Å². The standard InChI is InChI=1S/C26H34N4O4/c1-28(2)26(33)21-8-10-22(11-9-21)27-24(31)19-29-15-4-16-30(18-17-29)25(32)14-7-20-5-12-23(34-3)13-6-20/h5-6,8-13H,4,7,14-19H2,1-3H3,(H,27,31). The smallest absolute Gasteiger partial charge is 0.253 e. The van der Waals surface area contributed by atoms with Gasteiger partial charge in [0.05, 0.1) is 13.7 Å². The van der Waals surface area contributed by atoms with E-state index < -0.39 is 0 Å². The Hall–Kier alpha value is -3.39. The van der Waals surface area contributed by atoms with Crippen LogP contribution < -0.4 is 10.1 Å². The molecule has 1 heterocycles. The molecule has 0 radical (unpaired) electrons. The number of hydrogen-bond acceptors (Lipinski definition) is 5. The van der Waals surface area contributed by atoms with Crippen molar-refractivity contribution >= 4 is 23.4 Å². The van der Waals surface area contributed by atoms with Crippen LogP contribution in [0.15, 0.2) is 48.5 Å². The number of nitrogens with zero attached hydrogens (tertiary/aromatic N) is 3. The number of rotatable bonds is 8. The van der Waals surface area contributed by atoms with E-state index in [9.17, 15) is 14.4 Å². The van der Waals surface area contributed by atoms with E-state index in [2.05, 4.69) is 10.2 Å². The predicted molar refractivity (Wildman–Crippen MR) is 132 cm³/mol. The SMILES string of the molecule is COc1ccc(CCC(=O)N2CCCN(CC(=O)Nc3ccc(C(=O)N(C)C)cc3)CC2)cc1. The molecule has 0 atom stereocenters. The molecule has 1 aliphatic heterocycles. The molecule has 1 saturated heterocycles. The fourth-order valence-electron chi connectivity index (χ4n) is 3.94. The van der Waals surface area contributed by atoms with Crippen molar-refractivity contribution in [1.82, 2.24) is 14.7 Å². The van der Waals surface area contributed by atoms with Crippen LogP contribution in [0.25, 0.3) is 0 Å². The molecule has 34 heavy (non-hydrogen) atoms. The number of anilines is 1. The second-order valence-electron chi connectivity index (χ2n) is 8.68. The molecule has 0 aliphatic carbocycles. The van der Waals surface area contributed by atoms with Crippen LogP contribution in [-0.2, 0) is 16.0 Å². The summed E-state index contributed by atoms with van der Waals surface area (Å²) < 4.78 is 5.17. The first kappa shape index (κ1) is 25.2. The monoisotopic (exact) mass is 466 g/mol. The highest BCUT2D eigenvalue weighted by Crippen LogP contribution is 2.14. The van der Waals surface area contributed by atoms with E-state index in [1.54, 1.807) is 45.5 Å². The maximum absolute atomic E-state index is 12.7. The highest BCUT2D eigenvalue weighted by Gasteiger charge is 2.20. The lowest BCUT2D eigenvalue weighted by Gasteiger charge is -2.22. The molecule has 0 bridgehead atoms. The van der Waals surface area contributed by atoms with E-state index in [0.717, 1.165) is 24.3 Å². The summed E-state index contributed by atoms with van der Waals surface area (Å²) in [5.74, 6) is 0.772. The summed E-state index contributed by atoms with van der Waals surface area (Å²) >= 11 is 0. The molecule has 1 fully saturated rings. The molecular formula is C26H34N4O4. The van der Waals surface area contributed by atoms with Gasteiger partial charge in [-0.25, -0.2) is 0 Å². The Balaban J connectivity index is 1.43. The van der Waals surface area contributed by atoms with Gasteiger partial charge in [-0.2, -0.15) is 0 Å². The summed E-state index contributed by atoms with van der Waals surface area (Å²) in [6.07, 6.45) is 2.01. The first-order valence-corrected chi connectivity index (χ1v) is 11.6. The van der Waals surface area contributed by atoms with Crippen molar-refractivity contribution in [3.8, 4) is 5.75 Å². The van der Waals surface area contributed by atoms with Crippen molar-refractivity contribution in [2.24, 2.45) is 0 Å². The third-order valence-electron chi connectivity index (χ3n) is 5.92. The van der Waals surface area contributed by atoms with Crippen LogP contribution in [0.2, 0.25) is 0 Å². The van der Waals surface area contributed by atoms with Crippen molar-refractivity contribution in [1.29, 1.82) is 0 Å². The topological polar surface area (TPSA) is 82.2 Å². The van der Waals surface area contributed by atoms with Crippen LogP contribution in [0.1, 0.15) is 28.8 Å². The van der Waals surface area contributed by atoms with Crippen LogP contribution in [0.4, 0.5) is 5.69 Å². The molecule has 8 nitrogen and oxygen atoms in total. The Kier molecular flexibility index (Phi) is 9.04. The van der Waals surface area contributed by atoms with Crippen LogP contribution in [0.3, 0.4) is 0 Å². The molecular weight excluding hydrogens is 432 g/mol. The fraction of sp³-hybridized carbons (Fsp3) is 0.423. The molecule has 2 aromatic rings. The van der Waals surface area contributed by atoms with Gasteiger partial charge in [0.25, 0.3) is 5.91 Å². The van der Waals surface area contributed by atoms with Gasteiger partial charge in [-0.05, 0) is 54.8 Å². The maximum atomic E-state index is 12.7. The number of amides is 3. The molecule has 182 valence electrons. The predicted octanol–water partition coefficient (Wildman–Crippen LogP) is 2.50. The lowest BCUT2D eigenvalue weighted by molar-refractivity contribution is -0.131. The van der Waals surface area contributed by atoms with Gasteiger partial charge in [-0.1, -0.05) is 12.1 Å². The third kappa shape index (κ3) is 7.31. The van der Waals surface area contributed by atoms with Crippen LogP contribution in [0.5, 0.6) is 5.75 Å². The highest BCUT2D eigenvalue weighted by molar-refractivity contribution is 5.96. The minimum atomic E-state index is -0.106. The zero-order valence-electron chi connectivity index (χ0n) is 20.3. The van der Waals surface area contributed by atoms with Gasteiger partial charge in [0.1, 0.15) is 5.75 Å². The summed E-state index contributed by atoms with van der Waals surface area (Å²) in [6.45, 7) is 3.03. The number of ether oxygens (including phenoxy) is 1. The Bertz CT molecular complexity index is 973. The normalized spacial score (nSPS) is 14.3. The number of benzene rings is 2. The zero-order valence-corrected chi connectivity index (χ0v) is 20.3. The van der Waals surface area contributed by atoms with Crippen molar-refractivity contribution < 1.29 is 19.1 Å². The Labute approximate surface area is 201 Å². The van der Waals surface area contributed by atoms with Gasteiger partial charge < -0.3 is 19.9 Å². The number of aryl methyl sites for hydroxylation is 1. The number of carbonyl (C=O) groups is 3. The van der Waals surface area contributed by atoms with Gasteiger partial charge in [0, 0.05) is 57.9 Å². The average Bonchev–Trinajstić information content (AvgIpc) is 3.08.